The normalized spacial score (nSPS) is 10.1. The topological polar surface area (TPSA) is 84.7 Å². The molecule has 2 aromatic rings. The molecule has 0 saturated heterocycles. The molecule has 6 nitrogen and oxygen atoms in total. The Morgan fingerprint density at radius 1 is 1.59 bits per heavy atom. The summed E-state index contributed by atoms with van der Waals surface area (Å²) in [4.78, 5) is 15.8. The van der Waals surface area contributed by atoms with Crippen molar-refractivity contribution in [2.75, 3.05) is 0 Å². The lowest BCUT2D eigenvalue weighted by Gasteiger charge is -2.00. The molecule has 0 aliphatic heterocycles. The second-order valence-electron chi connectivity index (χ2n) is 3.42. The molecule has 86 valence electrons. The monoisotopic (exact) mass is 230 g/mol. The summed E-state index contributed by atoms with van der Waals surface area (Å²) < 4.78 is 6.32. The van der Waals surface area contributed by atoms with Crippen LogP contribution in [0.5, 0.6) is 0 Å². The van der Waals surface area contributed by atoms with Crippen LogP contribution >= 0.6 is 0 Å². The highest BCUT2D eigenvalue weighted by molar-refractivity contribution is 5.25. The van der Waals surface area contributed by atoms with Gasteiger partial charge in [0.25, 0.3) is 5.56 Å². The summed E-state index contributed by atoms with van der Waals surface area (Å²) >= 11 is 0. The SMILES string of the molecule is CCc1nc(Cn2cccc(C#N)c2=O)no1. The Bertz CT molecular complexity index is 621. The molecule has 0 fully saturated rings. The Labute approximate surface area is 97.1 Å². The van der Waals surface area contributed by atoms with Gasteiger partial charge in [0.2, 0.25) is 5.89 Å². The van der Waals surface area contributed by atoms with Crippen LogP contribution in [0.25, 0.3) is 0 Å². The molecule has 0 aromatic carbocycles. The predicted molar refractivity (Wildman–Crippen MR) is 58.2 cm³/mol. The Kier molecular flexibility index (Phi) is 3.01. The van der Waals surface area contributed by atoms with Gasteiger partial charge < -0.3 is 9.09 Å². The third-order valence-corrected chi connectivity index (χ3v) is 2.26. The molecule has 2 aromatic heterocycles. The van der Waals surface area contributed by atoms with Gasteiger partial charge in [0.05, 0.1) is 6.54 Å². The first-order chi connectivity index (χ1) is 8.24. The first-order valence-electron chi connectivity index (χ1n) is 5.15. The minimum Gasteiger partial charge on any atom is -0.339 e. The summed E-state index contributed by atoms with van der Waals surface area (Å²) in [5, 5.41) is 12.5. The van der Waals surface area contributed by atoms with E-state index in [1.165, 1.54) is 10.6 Å². The molecule has 0 radical (unpaired) electrons. The summed E-state index contributed by atoms with van der Waals surface area (Å²) in [6.45, 7) is 2.11. The number of nitrogens with zero attached hydrogens (tertiary/aromatic N) is 4. The van der Waals surface area contributed by atoms with Crippen molar-refractivity contribution in [3.63, 3.8) is 0 Å². The molecule has 6 heteroatoms. The minimum atomic E-state index is -0.349. The third-order valence-electron chi connectivity index (χ3n) is 2.26. The van der Waals surface area contributed by atoms with E-state index in [1.807, 2.05) is 13.0 Å². The fourth-order valence-electron chi connectivity index (χ4n) is 1.40. The third kappa shape index (κ3) is 2.23. The van der Waals surface area contributed by atoms with Crippen molar-refractivity contribution in [3.05, 3.63) is 46.0 Å². The zero-order chi connectivity index (χ0) is 12.3. The number of hydrogen-bond donors (Lipinski definition) is 0. The van der Waals surface area contributed by atoms with Crippen molar-refractivity contribution in [2.24, 2.45) is 0 Å². The van der Waals surface area contributed by atoms with Gasteiger partial charge in [-0.15, -0.1) is 0 Å². The molecule has 2 rings (SSSR count). The van der Waals surface area contributed by atoms with Crippen LogP contribution < -0.4 is 5.56 Å². The van der Waals surface area contributed by atoms with Crippen LogP contribution in [0.15, 0.2) is 27.6 Å². The van der Waals surface area contributed by atoms with Crippen molar-refractivity contribution in [1.29, 1.82) is 5.26 Å². The average molecular weight is 230 g/mol. The molecular formula is C11H10N4O2. The molecule has 0 aliphatic carbocycles. The molecule has 17 heavy (non-hydrogen) atoms. The molecule has 0 unspecified atom stereocenters. The lowest BCUT2D eigenvalue weighted by atomic mass is 10.3. The largest absolute Gasteiger partial charge is 0.339 e. The smallest absolute Gasteiger partial charge is 0.268 e. The quantitative estimate of drug-likeness (QED) is 0.775. The van der Waals surface area contributed by atoms with Crippen LogP contribution in [0.3, 0.4) is 0 Å². The number of hydrogen-bond acceptors (Lipinski definition) is 5. The van der Waals surface area contributed by atoms with Gasteiger partial charge in [0.1, 0.15) is 11.6 Å². The summed E-state index contributed by atoms with van der Waals surface area (Å²) in [6.07, 6.45) is 2.24. The second-order valence-corrected chi connectivity index (χ2v) is 3.42. The molecule has 0 saturated carbocycles. The zero-order valence-corrected chi connectivity index (χ0v) is 9.25. The highest BCUT2D eigenvalue weighted by Gasteiger charge is 2.07. The van der Waals surface area contributed by atoms with E-state index in [9.17, 15) is 4.79 Å². The molecule has 0 spiro atoms. The fraction of sp³-hybridized carbons (Fsp3) is 0.273. The highest BCUT2D eigenvalue weighted by Crippen LogP contribution is 2.00. The lowest BCUT2D eigenvalue weighted by molar-refractivity contribution is 0.375. The molecule has 0 bridgehead atoms. The standard InChI is InChI=1S/C11H10N4O2/c1-2-10-13-9(14-17-10)7-15-5-3-4-8(6-12)11(15)16/h3-5H,2,7H2,1H3. The van der Waals surface area contributed by atoms with Crippen LogP contribution in [-0.2, 0) is 13.0 Å². The van der Waals surface area contributed by atoms with Crippen LogP contribution in [0.2, 0.25) is 0 Å². The van der Waals surface area contributed by atoms with Gasteiger partial charge in [-0.25, -0.2) is 0 Å². The highest BCUT2D eigenvalue weighted by atomic mass is 16.5. The van der Waals surface area contributed by atoms with Crippen molar-refractivity contribution < 1.29 is 4.52 Å². The Morgan fingerprint density at radius 2 is 2.41 bits per heavy atom. The summed E-state index contributed by atoms with van der Waals surface area (Å²) in [5.74, 6) is 0.962. The van der Waals surface area contributed by atoms with Crippen molar-refractivity contribution in [1.82, 2.24) is 14.7 Å². The number of rotatable bonds is 3. The van der Waals surface area contributed by atoms with E-state index in [-0.39, 0.29) is 17.7 Å². The van der Waals surface area contributed by atoms with Gasteiger partial charge in [0.15, 0.2) is 5.82 Å². The number of nitriles is 1. The van der Waals surface area contributed by atoms with Gasteiger partial charge in [0, 0.05) is 12.6 Å². The Balaban J connectivity index is 2.31. The van der Waals surface area contributed by atoms with Crippen LogP contribution in [0.4, 0.5) is 0 Å². The van der Waals surface area contributed by atoms with E-state index in [1.54, 1.807) is 12.3 Å². The van der Waals surface area contributed by atoms with E-state index in [0.717, 1.165) is 0 Å². The van der Waals surface area contributed by atoms with E-state index < -0.39 is 0 Å². The van der Waals surface area contributed by atoms with Gasteiger partial charge >= 0.3 is 0 Å². The lowest BCUT2D eigenvalue weighted by Crippen LogP contribution is -2.22. The van der Waals surface area contributed by atoms with E-state index in [4.69, 9.17) is 9.78 Å². The Hall–Kier alpha value is -2.42. The predicted octanol–water partition coefficient (Wildman–Crippen LogP) is 0.714. The minimum absolute atomic E-state index is 0.103. The summed E-state index contributed by atoms with van der Waals surface area (Å²) in [5.41, 5.74) is -0.246. The van der Waals surface area contributed by atoms with Crippen molar-refractivity contribution >= 4 is 0 Å². The first kappa shape index (κ1) is 11.1. The van der Waals surface area contributed by atoms with Crippen LogP contribution in [0.1, 0.15) is 24.2 Å². The van der Waals surface area contributed by atoms with Gasteiger partial charge in [-0.05, 0) is 12.1 Å². The maximum absolute atomic E-state index is 11.7. The van der Waals surface area contributed by atoms with Gasteiger partial charge in [-0.3, -0.25) is 4.79 Å². The van der Waals surface area contributed by atoms with E-state index in [0.29, 0.717) is 18.1 Å². The summed E-state index contributed by atoms with van der Waals surface area (Å²) in [7, 11) is 0. The molecular weight excluding hydrogens is 220 g/mol. The number of pyridine rings is 1. The molecule has 0 atom stereocenters. The molecule has 0 aliphatic rings. The number of aryl methyl sites for hydroxylation is 1. The van der Waals surface area contributed by atoms with Gasteiger partial charge in [-0.2, -0.15) is 10.2 Å². The van der Waals surface area contributed by atoms with E-state index in [2.05, 4.69) is 10.1 Å². The fourth-order valence-corrected chi connectivity index (χ4v) is 1.40. The molecule has 2 heterocycles. The summed E-state index contributed by atoms with van der Waals surface area (Å²) in [6, 6.07) is 4.96. The molecule has 0 amide bonds. The van der Waals surface area contributed by atoms with Crippen LogP contribution in [0, 0.1) is 11.3 Å². The maximum Gasteiger partial charge on any atom is 0.268 e. The van der Waals surface area contributed by atoms with Crippen LogP contribution in [-0.4, -0.2) is 14.7 Å². The maximum atomic E-state index is 11.7. The average Bonchev–Trinajstić information content (AvgIpc) is 2.79. The van der Waals surface area contributed by atoms with Gasteiger partial charge in [-0.1, -0.05) is 12.1 Å². The van der Waals surface area contributed by atoms with E-state index >= 15 is 0 Å². The number of aromatic nitrogens is 3. The Morgan fingerprint density at radius 3 is 3.06 bits per heavy atom. The zero-order valence-electron chi connectivity index (χ0n) is 9.25. The first-order valence-corrected chi connectivity index (χ1v) is 5.15. The second kappa shape index (κ2) is 4.61. The molecule has 0 N–H and O–H groups in total. The van der Waals surface area contributed by atoms with Crippen molar-refractivity contribution in [3.8, 4) is 6.07 Å². The van der Waals surface area contributed by atoms with Crippen molar-refractivity contribution in [2.45, 2.75) is 19.9 Å².